The first kappa shape index (κ1) is 12.2. The van der Waals surface area contributed by atoms with Gasteiger partial charge in [0.1, 0.15) is 0 Å². The van der Waals surface area contributed by atoms with Gasteiger partial charge in [-0.05, 0) is 36.8 Å². The second-order valence-corrected chi connectivity index (χ2v) is 5.39. The smallest absolute Gasteiger partial charge is 0.250 e. The quantitative estimate of drug-likeness (QED) is 0.866. The third-order valence-electron chi connectivity index (χ3n) is 3.24. The molecule has 0 spiro atoms. The van der Waals surface area contributed by atoms with E-state index in [-0.39, 0.29) is 5.91 Å². The number of anilines is 3. The Balaban J connectivity index is 2.13. The van der Waals surface area contributed by atoms with E-state index >= 15 is 0 Å². The van der Waals surface area contributed by atoms with Gasteiger partial charge in [-0.2, -0.15) is 0 Å². The molecular weight excluding hydrogens is 304 g/mol. The normalized spacial score (nSPS) is 14.0. The van der Waals surface area contributed by atoms with Gasteiger partial charge in [0.2, 0.25) is 0 Å². The van der Waals surface area contributed by atoms with Crippen LogP contribution in [0.4, 0.5) is 17.1 Å². The molecule has 0 aliphatic carbocycles. The summed E-state index contributed by atoms with van der Waals surface area (Å²) in [6.45, 7) is 2.35. The molecule has 0 fully saturated rings. The summed E-state index contributed by atoms with van der Waals surface area (Å²) in [5.41, 5.74) is 3.92. The van der Waals surface area contributed by atoms with Gasteiger partial charge in [0, 0.05) is 4.47 Å². The Kier molecular flexibility index (Phi) is 3.03. The van der Waals surface area contributed by atoms with Crippen LogP contribution in [-0.2, 0) is 4.79 Å². The highest BCUT2D eigenvalue weighted by molar-refractivity contribution is 9.10. The maximum Gasteiger partial charge on any atom is 0.250 e. The average Bonchev–Trinajstić information content (AvgIpc) is 2.42. The van der Waals surface area contributed by atoms with Gasteiger partial charge in [0.05, 0.1) is 23.6 Å². The van der Waals surface area contributed by atoms with Crippen molar-refractivity contribution < 1.29 is 4.79 Å². The van der Waals surface area contributed by atoms with E-state index in [0.717, 1.165) is 27.1 Å². The second kappa shape index (κ2) is 4.70. The van der Waals surface area contributed by atoms with Gasteiger partial charge in [-0.3, -0.25) is 9.69 Å². The molecule has 2 aromatic rings. The summed E-state index contributed by atoms with van der Waals surface area (Å²) in [6.07, 6.45) is 0. The van der Waals surface area contributed by atoms with Crippen LogP contribution < -0.4 is 10.2 Å². The number of aryl methyl sites for hydroxylation is 1. The fourth-order valence-electron chi connectivity index (χ4n) is 2.21. The third kappa shape index (κ3) is 2.12. The van der Waals surface area contributed by atoms with Crippen LogP contribution in [-0.4, -0.2) is 12.5 Å². The first-order valence-corrected chi connectivity index (χ1v) is 6.88. The Morgan fingerprint density at radius 3 is 2.79 bits per heavy atom. The largest absolute Gasteiger partial charge is 0.374 e. The Morgan fingerprint density at radius 1 is 1.21 bits per heavy atom. The van der Waals surface area contributed by atoms with Crippen molar-refractivity contribution >= 4 is 38.9 Å². The SMILES string of the molecule is Cc1ccc(N2C(=O)CNc3ccccc32)cc1Br. The predicted molar refractivity (Wildman–Crippen MR) is 81.0 cm³/mol. The van der Waals surface area contributed by atoms with Crippen LogP contribution >= 0.6 is 15.9 Å². The molecule has 0 bridgehead atoms. The zero-order chi connectivity index (χ0) is 13.4. The van der Waals surface area contributed by atoms with Crippen molar-refractivity contribution in [3.8, 4) is 0 Å². The lowest BCUT2D eigenvalue weighted by molar-refractivity contribution is -0.116. The second-order valence-electron chi connectivity index (χ2n) is 4.53. The van der Waals surface area contributed by atoms with Crippen LogP contribution in [0.15, 0.2) is 46.9 Å². The molecule has 1 heterocycles. The minimum absolute atomic E-state index is 0.0504. The molecule has 0 unspecified atom stereocenters. The Bertz CT molecular complexity index is 654. The van der Waals surface area contributed by atoms with E-state index in [1.54, 1.807) is 4.90 Å². The molecular formula is C15H13BrN2O. The van der Waals surface area contributed by atoms with E-state index in [2.05, 4.69) is 21.2 Å². The van der Waals surface area contributed by atoms with E-state index in [1.807, 2.05) is 49.4 Å². The number of carbonyl (C=O) groups is 1. The molecule has 0 saturated heterocycles. The topological polar surface area (TPSA) is 32.3 Å². The number of benzene rings is 2. The van der Waals surface area contributed by atoms with Crippen LogP contribution in [0.25, 0.3) is 0 Å². The highest BCUT2D eigenvalue weighted by Crippen LogP contribution is 2.36. The molecule has 1 aliphatic rings. The number of fused-ring (bicyclic) bond motifs is 1. The van der Waals surface area contributed by atoms with E-state index in [1.165, 1.54) is 0 Å². The summed E-state index contributed by atoms with van der Waals surface area (Å²) in [5, 5.41) is 3.14. The number of hydrogen-bond acceptors (Lipinski definition) is 2. The molecule has 3 rings (SSSR count). The number of amides is 1. The van der Waals surface area contributed by atoms with Crippen LogP contribution in [0.2, 0.25) is 0 Å². The third-order valence-corrected chi connectivity index (χ3v) is 4.09. The van der Waals surface area contributed by atoms with Crippen LogP contribution in [0.5, 0.6) is 0 Å². The zero-order valence-electron chi connectivity index (χ0n) is 10.5. The molecule has 1 N–H and O–H groups in total. The van der Waals surface area contributed by atoms with Gasteiger partial charge < -0.3 is 5.32 Å². The van der Waals surface area contributed by atoms with Crippen LogP contribution in [0.1, 0.15) is 5.56 Å². The summed E-state index contributed by atoms with van der Waals surface area (Å²) in [5.74, 6) is 0.0504. The first-order chi connectivity index (χ1) is 9.16. The van der Waals surface area contributed by atoms with Gasteiger partial charge >= 0.3 is 0 Å². The molecule has 3 nitrogen and oxygen atoms in total. The molecule has 0 aromatic heterocycles. The highest BCUT2D eigenvalue weighted by Gasteiger charge is 2.25. The van der Waals surface area contributed by atoms with E-state index in [9.17, 15) is 4.79 Å². The lowest BCUT2D eigenvalue weighted by Gasteiger charge is -2.30. The minimum Gasteiger partial charge on any atom is -0.374 e. The van der Waals surface area contributed by atoms with Gasteiger partial charge in [-0.15, -0.1) is 0 Å². The number of para-hydroxylation sites is 2. The molecule has 4 heteroatoms. The number of nitrogens with zero attached hydrogens (tertiary/aromatic N) is 1. The van der Waals surface area contributed by atoms with Gasteiger partial charge in [-0.25, -0.2) is 0 Å². The maximum atomic E-state index is 12.2. The van der Waals surface area contributed by atoms with Crippen molar-refractivity contribution in [2.75, 3.05) is 16.8 Å². The fraction of sp³-hybridized carbons (Fsp3) is 0.133. The highest BCUT2D eigenvalue weighted by atomic mass is 79.9. The number of nitrogens with one attached hydrogen (secondary N) is 1. The van der Waals surface area contributed by atoms with Crippen molar-refractivity contribution in [3.05, 3.63) is 52.5 Å². The number of halogens is 1. The monoisotopic (exact) mass is 316 g/mol. The molecule has 0 radical (unpaired) electrons. The van der Waals surface area contributed by atoms with Crippen molar-refractivity contribution in [2.24, 2.45) is 0 Å². The lowest BCUT2D eigenvalue weighted by Crippen LogP contribution is -2.36. The zero-order valence-corrected chi connectivity index (χ0v) is 12.1. The van der Waals surface area contributed by atoms with Crippen LogP contribution in [0, 0.1) is 6.92 Å². The molecule has 0 saturated carbocycles. The summed E-state index contributed by atoms with van der Waals surface area (Å²) < 4.78 is 1.01. The first-order valence-electron chi connectivity index (χ1n) is 6.09. The Hall–Kier alpha value is -1.81. The minimum atomic E-state index is 0.0504. The van der Waals surface area contributed by atoms with E-state index in [4.69, 9.17) is 0 Å². The van der Waals surface area contributed by atoms with Crippen LogP contribution in [0.3, 0.4) is 0 Å². The molecule has 1 aliphatic heterocycles. The van der Waals surface area contributed by atoms with Crippen molar-refractivity contribution in [1.29, 1.82) is 0 Å². The van der Waals surface area contributed by atoms with Gasteiger partial charge in [0.15, 0.2) is 0 Å². The number of hydrogen-bond donors (Lipinski definition) is 1. The predicted octanol–water partition coefficient (Wildman–Crippen LogP) is 3.85. The maximum absolute atomic E-state index is 12.2. The molecule has 1 amide bonds. The molecule has 96 valence electrons. The standard InChI is InChI=1S/C15H13BrN2O/c1-10-6-7-11(8-12(10)16)18-14-5-3-2-4-13(14)17-9-15(18)19/h2-8,17H,9H2,1H3. The van der Waals surface area contributed by atoms with Crippen molar-refractivity contribution in [2.45, 2.75) is 6.92 Å². The summed E-state index contributed by atoms with van der Waals surface area (Å²) >= 11 is 3.52. The average molecular weight is 317 g/mol. The molecule has 2 aromatic carbocycles. The molecule has 0 atom stereocenters. The van der Waals surface area contributed by atoms with Gasteiger partial charge in [0.25, 0.3) is 5.91 Å². The Morgan fingerprint density at radius 2 is 2.00 bits per heavy atom. The number of rotatable bonds is 1. The molecule has 19 heavy (non-hydrogen) atoms. The number of carbonyl (C=O) groups excluding carboxylic acids is 1. The fourth-order valence-corrected chi connectivity index (χ4v) is 2.57. The lowest BCUT2D eigenvalue weighted by atomic mass is 10.1. The van der Waals surface area contributed by atoms with E-state index in [0.29, 0.717) is 6.54 Å². The Labute approximate surface area is 120 Å². The van der Waals surface area contributed by atoms with E-state index < -0.39 is 0 Å². The summed E-state index contributed by atoms with van der Waals surface area (Å²) in [7, 11) is 0. The van der Waals surface area contributed by atoms with Gasteiger partial charge in [-0.1, -0.05) is 34.1 Å². The van der Waals surface area contributed by atoms with Crippen molar-refractivity contribution in [1.82, 2.24) is 0 Å². The summed E-state index contributed by atoms with van der Waals surface area (Å²) in [6, 6.07) is 13.8. The van der Waals surface area contributed by atoms with Crippen molar-refractivity contribution in [3.63, 3.8) is 0 Å². The summed E-state index contributed by atoms with van der Waals surface area (Å²) in [4.78, 5) is 14.0.